The van der Waals surface area contributed by atoms with Gasteiger partial charge in [-0.05, 0) is 48.6 Å². The Morgan fingerprint density at radius 2 is 1.93 bits per heavy atom. The molecule has 0 aromatic heterocycles. The number of nitrogens with one attached hydrogen (secondary N) is 1. The van der Waals surface area contributed by atoms with Crippen LogP contribution in [0.1, 0.15) is 43.7 Å². The molecule has 27 heavy (non-hydrogen) atoms. The first-order valence-electron chi connectivity index (χ1n) is 10.5. The molecule has 4 rings (SSSR count). The molecule has 0 spiro atoms. The van der Waals surface area contributed by atoms with Gasteiger partial charge >= 0.3 is 0 Å². The molecule has 3 aliphatic heterocycles. The molecule has 0 radical (unpaired) electrons. The van der Waals surface area contributed by atoms with Crippen LogP contribution in [0.4, 0.5) is 0 Å². The van der Waals surface area contributed by atoms with Gasteiger partial charge in [0.15, 0.2) is 0 Å². The highest BCUT2D eigenvalue weighted by atomic mass is 16.2. The van der Waals surface area contributed by atoms with E-state index in [0.29, 0.717) is 36.9 Å². The quantitative estimate of drug-likeness (QED) is 0.866. The van der Waals surface area contributed by atoms with Crippen LogP contribution in [0.5, 0.6) is 0 Å². The molecule has 3 heterocycles. The minimum Gasteiger partial charge on any atom is -0.351 e. The van der Waals surface area contributed by atoms with Crippen LogP contribution in [0, 0.1) is 11.8 Å². The average Bonchev–Trinajstić information content (AvgIpc) is 2.67. The molecule has 2 unspecified atom stereocenters. The second-order valence-corrected chi connectivity index (χ2v) is 8.51. The van der Waals surface area contributed by atoms with Gasteiger partial charge in [-0.25, -0.2) is 0 Å². The van der Waals surface area contributed by atoms with E-state index in [-0.39, 0.29) is 5.91 Å². The Balaban J connectivity index is 1.28. The molecule has 0 saturated carbocycles. The molecule has 2 amide bonds. The van der Waals surface area contributed by atoms with Gasteiger partial charge in [-0.15, -0.1) is 0 Å². The smallest absolute Gasteiger partial charge is 0.234 e. The van der Waals surface area contributed by atoms with Crippen molar-refractivity contribution in [1.82, 2.24) is 15.1 Å². The SMILES string of the molecule is CCc1ccc(CNC(=O)CN2CC3CC(C2)[C@H]2CCCC(=O)N2C3)cc1. The van der Waals surface area contributed by atoms with Gasteiger partial charge < -0.3 is 10.2 Å². The van der Waals surface area contributed by atoms with Crippen molar-refractivity contribution in [3.63, 3.8) is 0 Å². The van der Waals surface area contributed by atoms with E-state index in [2.05, 4.69) is 46.3 Å². The van der Waals surface area contributed by atoms with Crippen LogP contribution in [0.3, 0.4) is 0 Å². The summed E-state index contributed by atoms with van der Waals surface area (Å²) in [5.74, 6) is 1.51. The highest BCUT2D eigenvalue weighted by Gasteiger charge is 2.43. The number of hydrogen-bond acceptors (Lipinski definition) is 3. The number of benzene rings is 1. The van der Waals surface area contributed by atoms with Gasteiger partial charge in [0.1, 0.15) is 0 Å². The summed E-state index contributed by atoms with van der Waals surface area (Å²) in [7, 11) is 0. The average molecular weight is 370 g/mol. The second-order valence-electron chi connectivity index (χ2n) is 8.51. The normalized spacial score (nSPS) is 28.0. The Kier molecular flexibility index (Phi) is 5.48. The maximum absolute atomic E-state index is 12.4. The maximum Gasteiger partial charge on any atom is 0.234 e. The number of piperidine rings is 3. The van der Waals surface area contributed by atoms with Crippen LogP contribution in [0.2, 0.25) is 0 Å². The Bertz CT molecular complexity index is 687. The van der Waals surface area contributed by atoms with E-state index in [1.807, 2.05) is 0 Å². The van der Waals surface area contributed by atoms with Gasteiger partial charge in [0.05, 0.1) is 6.54 Å². The first kappa shape index (κ1) is 18.5. The Morgan fingerprint density at radius 1 is 1.15 bits per heavy atom. The largest absolute Gasteiger partial charge is 0.351 e. The van der Waals surface area contributed by atoms with Crippen LogP contribution in [-0.2, 0) is 22.6 Å². The number of rotatable bonds is 5. The van der Waals surface area contributed by atoms with Crippen molar-refractivity contribution in [2.75, 3.05) is 26.2 Å². The fraction of sp³-hybridized carbons (Fsp3) is 0.636. The van der Waals surface area contributed by atoms with E-state index >= 15 is 0 Å². The van der Waals surface area contributed by atoms with Gasteiger partial charge in [-0.3, -0.25) is 14.5 Å². The molecule has 2 bridgehead atoms. The monoisotopic (exact) mass is 369 g/mol. The lowest BCUT2D eigenvalue weighted by atomic mass is 9.76. The summed E-state index contributed by atoms with van der Waals surface area (Å²) in [6, 6.07) is 8.86. The highest BCUT2D eigenvalue weighted by Crippen LogP contribution is 2.37. The molecule has 1 aromatic rings. The van der Waals surface area contributed by atoms with Crippen LogP contribution >= 0.6 is 0 Å². The second kappa shape index (κ2) is 8.01. The summed E-state index contributed by atoms with van der Waals surface area (Å²) in [5, 5.41) is 3.07. The molecule has 1 N–H and O–H groups in total. The van der Waals surface area contributed by atoms with Crippen LogP contribution in [-0.4, -0.2) is 53.8 Å². The maximum atomic E-state index is 12.4. The summed E-state index contributed by atoms with van der Waals surface area (Å²) in [6.45, 7) is 5.99. The number of carbonyl (C=O) groups excluding carboxylic acids is 2. The van der Waals surface area contributed by atoms with E-state index < -0.39 is 0 Å². The third kappa shape index (κ3) is 4.18. The number of likely N-dealkylation sites (tertiary alicyclic amines) is 1. The molecule has 3 saturated heterocycles. The standard InChI is InChI=1S/C22H31N3O2/c1-2-16-6-8-17(9-7-16)11-23-21(26)15-24-12-18-10-19(14-24)20-4-3-5-22(27)25(20)13-18/h6-9,18-20H,2-5,10-15H2,1H3,(H,23,26)/t18?,19?,20-/m1/s1. The molecule has 1 aromatic carbocycles. The van der Waals surface area contributed by atoms with Crippen molar-refractivity contribution in [3.8, 4) is 0 Å². The van der Waals surface area contributed by atoms with E-state index in [9.17, 15) is 9.59 Å². The van der Waals surface area contributed by atoms with Crippen molar-refractivity contribution < 1.29 is 9.59 Å². The molecule has 146 valence electrons. The number of nitrogens with zero attached hydrogens (tertiary/aromatic N) is 2. The lowest BCUT2D eigenvalue weighted by Gasteiger charge is -2.52. The van der Waals surface area contributed by atoms with Crippen molar-refractivity contribution >= 4 is 11.8 Å². The fourth-order valence-electron chi connectivity index (χ4n) is 5.19. The minimum atomic E-state index is 0.103. The first-order chi connectivity index (χ1) is 13.1. The predicted molar refractivity (Wildman–Crippen MR) is 105 cm³/mol. The molecule has 0 aliphatic carbocycles. The zero-order chi connectivity index (χ0) is 18.8. The molecule has 5 nitrogen and oxygen atoms in total. The predicted octanol–water partition coefficient (Wildman–Crippen LogP) is 2.20. The molecule has 3 aliphatic rings. The van der Waals surface area contributed by atoms with Crippen LogP contribution in [0.25, 0.3) is 0 Å². The van der Waals surface area contributed by atoms with E-state index in [0.717, 1.165) is 50.9 Å². The molecular weight excluding hydrogens is 338 g/mol. The van der Waals surface area contributed by atoms with Gasteiger partial charge in [0, 0.05) is 38.6 Å². The zero-order valence-corrected chi connectivity index (χ0v) is 16.3. The fourth-order valence-corrected chi connectivity index (χ4v) is 5.19. The van der Waals surface area contributed by atoms with E-state index in [1.165, 1.54) is 12.0 Å². The summed E-state index contributed by atoms with van der Waals surface area (Å²) in [5.41, 5.74) is 2.47. The lowest BCUT2D eigenvalue weighted by Crippen LogP contribution is -2.61. The summed E-state index contributed by atoms with van der Waals surface area (Å²) < 4.78 is 0. The minimum absolute atomic E-state index is 0.103. The summed E-state index contributed by atoms with van der Waals surface area (Å²) in [6.07, 6.45) is 5.14. The highest BCUT2D eigenvalue weighted by molar-refractivity contribution is 5.78. The van der Waals surface area contributed by atoms with Crippen molar-refractivity contribution in [2.24, 2.45) is 11.8 Å². The summed E-state index contributed by atoms with van der Waals surface area (Å²) >= 11 is 0. The Labute approximate surface area is 162 Å². The van der Waals surface area contributed by atoms with Crippen molar-refractivity contribution in [3.05, 3.63) is 35.4 Å². The topological polar surface area (TPSA) is 52.7 Å². The van der Waals surface area contributed by atoms with Crippen molar-refractivity contribution in [1.29, 1.82) is 0 Å². The molecule has 5 heteroatoms. The third-order valence-corrected chi connectivity index (χ3v) is 6.54. The first-order valence-corrected chi connectivity index (χ1v) is 10.5. The third-order valence-electron chi connectivity index (χ3n) is 6.54. The molecule has 3 atom stereocenters. The number of fused-ring (bicyclic) bond motifs is 4. The van der Waals surface area contributed by atoms with Gasteiger partial charge in [0.25, 0.3) is 0 Å². The van der Waals surface area contributed by atoms with E-state index in [1.54, 1.807) is 0 Å². The lowest BCUT2D eigenvalue weighted by molar-refractivity contribution is -0.145. The van der Waals surface area contributed by atoms with Crippen LogP contribution < -0.4 is 5.32 Å². The van der Waals surface area contributed by atoms with Gasteiger partial charge in [-0.2, -0.15) is 0 Å². The van der Waals surface area contributed by atoms with Crippen LogP contribution in [0.15, 0.2) is 24.3 Å². The van der Waals surface area contributed by atoms with E-state index in [4.69, 9.17) is 0 Å². The number of aryl methyl sites for hydroxylation is 1. The Hall–Kier alpha value is -1.88. The Morgan fingerprint density at radius 3 is 2.70 bits per heavy atom. The summed E-state index contributed by atoms with van der Waals surface area (Å²) in [4.78, 5) is 29.1. The number of amides is 2. The molecular formula is C22H31N3O2. The van der Waals surface area contributed by atoms with Gasteiger partial charge in [-0.1, -0.05) is 31.2 Å². The zero-order valence-electron chi connectivity index (χ0n) is 16.3. The number of carbonyl (C=O) groups is 2. The van der Waals surface area contributed by atoms with Gasteiger partial charge in [0.2, 0.25) is 11.8 Å². The van der Waals surface area contributed by atoms with Crippen molar-refractivity contribution in [2.45, 2.75) is 51.6 Å². The molecule has 3 fully saturated rings. The number of hydrogen-bond donors (Lipinski definition) is 1.